The van der Waals surface area contributed by atoms with E-state index in [9.17, 15) is 18.0 Å². The summed E-state index contributed by atoms with van der Waals surface area (Å²) in [5.41, 5.74) is 0.411. The number of fused-ring (bicyclic) bond motifs is 1. The third-order valence-electron chi connectivity index (χ3n) is 5.35. The van der Waals surface area contributed by atoms with E-state index in [1.54, 1.807) is 0 Å². The molecule has 0 saturated carbocycles. The SMILES string of the molecule is O=C(NCC(c1ccc2c(c1)OCO2)N1CCCCC1)c1ccc(F)c(F)c1F. The van der Waals surface area contributed by atoms with Gasteiger partial charge in [0.2, 0.25) is 6.79 Å². The smallest absolute Gasteiger partial charge is 0.254 e. The first-order valence-corrected chi connectivity index (χ1v) is 9.60. The van der Waals surface area contributed by atoms with E-state index in [-0.39, 0.29) is 19.4 Å². The fourth-order valence-electron chi connectivity index (χ4n) is 3.79. The average Bonchev–Trinajstić information content (AvgIpc) is 3.21. The number of hydrogen-bond donors (Lipinski definition) is 1. The quantitative estimate of drug-likeness (QED) is 0.768. The maximum absolute atomic E-state index is 13.9. The molecule has 154 valence electrons. The minimum atomic E-state index is -1.65. The number of nitrogens with one attached hydrogen (secondary N) is 1. The lowest BCUT2D eigenvalue weighted by Crippen LogP contribution is -2.40. The zero-order valence-corrected chi connectivity index (χ0v) is 15.7. The summed E-state index contributed by atoms with van der Waals surface area (Å²) in [6.45, 7) is 2.10. The maximum atomic E-state index is 13.9. The van der Waals surface area contributed by atoms with Gasteiger partial charge in [0.1, 0.15) is 0 Å². The van der Waals surface area contributed by atoms with Crippen molar-refractivity contribution in [2.24, 2.45) is 0 Å². The molecule has 1 unspecified atom stereocenters. The van der Waals surface area contributed by atoms with Gasteiger partial charge in [-0.3, -0.25) is 9.69 Å². The lowest BCUT2D eigenvalue weighted by atomic mass is 10.0. The molecule has 0 bridgehead atoms. The topological polar surface area (TPSA) is 50.8 Å². The maximum Gasteiger partial charge on any atom is 0.254 e. The van der Waals surface area contributed by atoms with Crippen LogP contribution in [0.15, 0.2) is 30.3 Å². The molecule has 2 aliphatic rings. The lowest BCUT2D eigenvalue weighted by molar-refractivity contribution is 0.0919. The Hall–Kier alpha value is -2.74. The second-order valence-electron chi connectivity index (χ2n) is 7.16. The largest absolute Gasteiger partial charge is 0.454 e. The summed E-state index contributed by atoms with van der Waals surface area (Å²) >= 11 is 0. The number of carbonyl (C=O) groups is 1. The second kappa shape index (κ2) is 8.32. The molecular formula is C21H21F3N2O3. The Morgan fingerprint density at radius 2 is 1.76 bits per heavy atom. The first kappa shape index (κ1) is 19.6. The van der Waals surface area contributed by atoms with Crippen molar-refractivity contribution >= 4 is 5.91 Å². The molecule has 2 aromatic rings. The lowest BCUT2D eigenvalue weighted by Gasteiger charge is -2.35. The number of benzene rings is 2. The van der Waals surface area contributed by atoms with Crippen LogP contribution in [0.3, 0.4) is 0 Å². The molecule has 1 atom stereocenters. The molecule has 4 rings (SSSR count). The minimum Gasteiger partial charge on any atom is -0.454 e. The van der Waals surface area contributed by atoms with E-state index in [0.717, 1.165) is 50.0 Å². The van der Waals surface area contributed by atoms with E-state index in [0.29, 0.717) is 11.5 Å². The highest BCUT2D eigenvalue weighted by Crippen LogP contribution is 2.36. The summed E-state index contributed by atoms with van der Waals surface area (Å²) in [6, 6.07) is 7.14. The number of nitrogens with zero attached hydrogens (tertiary/aromatic N) is 1. The van der Waals surface area contributed by atoms with E-state index in [1.807, 2.05) is 18.2 Å². The van der Waals surface area contributed by atoms with Crippen molar-refractivity contribution in [3.63, 3.8) is 0 Å². The molecule has 5 nitrogen and oxygen atoms in total. The molecule has 2 aliphatic heterocycles. The van der Waals surface area contributed by atoms with E-state index >= 15 is 0 Å². The summed E-state index contributed by atoms with van der Waals surface area (Å²) < 4.78 is 51.4. The van der Waals surface area contributed by atoms with Crippen LogP contribution >= 0.6 is 0 Å². The Kier molecular flexibility index (Phi) is 5.62. The Labute approximate surface area is 166 Å². The zero-order valence-electron chi connectivity index (χ0n) is 15.7. The molecule has 0 aliphatic carbocycles. The van der Waals surface area contributed by atoms with Crippen LogP contribution in [0.25, 0.3) is 0 Å². The van der Waals surface area contributed by atoms with Crippen LogP contribution in [0.1, 0.15) is 41.2 Å². The number of piperidine rings is 1. The fraction of sp³-hybridized carbons (Fsp3) is 0.381. The predicted octanol–water partition coefficient (Wildman–Crippen LogP) is 3.79. The molecule has 0 spiro atoms. The van der Waals surface area contributed by atoms with E-state index < -0.39 is 28.9 Å². The molecular weight excluding hydrogens is 385 g/mol. The second-order valence-corrected chi connectivity index (χ2v) is 7.16. The highest BCUT2D eigenvalue weighted by Gasteiger charge is 2.26. The van der Waals surface area contributed by atoms with E-state index in [1.165, 1.54) is 0 Å². The summed E-state index contributed by atoms with van der Waals surface area (Å²) in [4.78, 5) is 14.7. The van der Waals surface area contributed by atoms with Gasteiger partial charge in [0.25, 0.3) is 5.91 Å². The molecule has 1 saturated heterocycles. The normalized spacial score (nSPS) is 17.2. The first-order valence-electron chi connectivity index (χ1n) is 9.60. The summed E-state index contributed by atoms with van der Waals surface area (Å²) in [7, 11) is 0. The molecule has 8 heteroatoms. The molecule has 1 N–H and O–H groups in total. The van der Waals surface area contributed by atoms with E-state index in [4.69, 9.17) is 9.47 Å². The van der Waals surface area contributed by atoms with Gasteiger partial charge < -0.3 is 14.8 Å². The number of amides is 1. The van der Waals surface area contributed by atoms with Crippen LogP contribution in [0.2, 0.25) is 0 Å². The highest BCUT2D eigenvalue weighted by molar-refractivity contribution is 5.94. The standard InChI is InChI=1S/C21H21F3N2O3/c22-15-6-5-14(19(23)20(15)24)21(27)25-11-16(26-8-2-1-3-9-26)13-4-7-17-18(10-13)29-12-28-17/h4-7,10,16H,1-3,8-9,11-12H2,(H,25,27). The zero-order chi connectivity index (χ0) is 20.4. The molecule has 0 aromatic heterocycles. The van der Waals surface area contributed by atoms with Crippen LogP contribution < -0.4 is 14.8 Å². The van der Waals surface area contributed by atoms with Gasteiger partial charge in [0, 0.05) is 6.54 Å². The Balaban J connectivity index is 1.54. The number of ether oxygens (including phenoxy) is 2. The number of carbonyl (C=O) groups excluding carboxylic acids is 1. The molecule has 1 fully saturated rings. The minimum absolute atomic E-state index is 0.165. The van der Waals surface area contributed by atoms with Gasteiger partial charge in [-0.15, -0.1) is 0 Å². The Morgan fingerprint density at radius 3 is 2.55 bits per heavy atom. The molecule has 29 heavy (non-hydrogen) atoms. The predicted molar refractivity (Wildman–Crippen MR) is 99.4 cm³/mol. The highest BCUT2D eigenvalue weighted by atomic mass is 19.2. The first-order chi connectivity index (χ1) is 14.0. The fourth-order valence-corrected chi connectivity index (χ4v) is 3.79. The van der Waals surface area contributed by atoms with Gasteiger partial charge >= 0.3 is 0 Å². The number of likely N-dealkylation sites (tertiary alicyclic amines) is 1. The van der Waals surface area contributed by atoms with Crippen LogP contribution in [-0.4, -0.2) is 37.2 Å². The van der Waals surface area contributed by atoms with Crippen molar-refractivity contribution in [1.29, 1.82) is 0 Å². The monoisotopic (exact) mass is 406 g/mol. The average molecular weight is 406 g/mol. The Bertz CT molecular complexity index is 916. The van der Waals surface area contributed by atoms with Crippen molar-refractivity contribution in [2.75, 3.05) is 26.4 Å². The number of halogens is 3. The number of hydrogen-bond acceptors (Lipinski definition) is 4. The third kappa shape index (κ3) is 4.03. The van der Waals surface area contributed by atoms with Crippen LogP contribution in [0, 0.1) is 17.5 Å². The van der Waals surface area contributed by atoms with Crippen LogP contribution in [0.5, 0.6) is 11.5 Å². The van der Waals surface area contributed by atoms with Crippen LogP contribution in [0.4, 0.5) is 13.2 Å². The van der Waals surface area contributed by atoms with Gasteiger partial charge in [-0.25, -0.2) is 13.2 Å². The molecule has 2 heterocycles. The van der Waals surface area contributed by atoms with Crippen molar-refractivity contribution in [2.45, 2.75) is 25.3 Å². The summed E-state index contributed by atoms with van der Waals surface area (Å²) in [5, 5.41) is 2.67. The Morgan fingerprint density at radius 1 is 1.00 bits per heavy atom. The summed E-state index contributed by atoms with van der Waals surface area (Å²) in [5.74, 6) is -3.95. The van der Waals surface area contributed by atoms with Crippen molar-refractivity contribution in [3.05, 3.63) is 58.9 Å². The van der Waals surface area contributed by atoms with Gasteiger partial charge in [0.05, 0.1) is 11.6 Å². The number of rotatable bonds is 5. The van der Waals surface area contributed by atoms with Crippen molar-refractivity contribution in [1.82, 2.24) is 10.2 Å². The molecule has 1 amide bonds. The van der Waals surface area contributed by atoms with Crippen molar-refractivity contribution < 1.29 is 27.4 Å². The van der Waals surface area contributed by atoms with Gasteiger partial charge in [-0.1, -0.05) is 12.5 Å². The van der Waals surface area contributed by atoms with E-state index in [2.05, 4.69) is 10.2 Å². The van der Waals surface area contributed by atoms with Gasteiger partial charge in [-0.05, 0) is 55.8 Å². The van der Waals surface area contributed by atoms with Gasteiger partial charge in [-0.2, -0.15) is 0 Å². The molecule has 0 radical (unpaired) electrons. The summed E-state index contributed by atoms with van der Waals surface area (Å²) in [6.07, 6.45) is 3.25. The van der Waals surface area contributed by atoms with Crippen LogP contribution in [-0.2, 0) is 0 Å². The van der Waals surface area contributed by atoms with Crippen molar-refractivity contribution in [3.8, 4) is 11.5 Å². The third-order valence-corrected chi connectivity index (χ3v) is 5.35. The molecule has 2 aromatic carbocycles. The van der Waals surface area contributed by atoms with Gasteiger partial charge in [0.15, 0.2) is 29.0 Å².